The van der Waals surface area contributed by atoms with Crippen molar-refractivity contribution in [2.24, 2.45) is 5.92 Å². The van der Waals surface area contributed by atoms with Gasteiger partial charge in [-0.25, -0.2) is 0 Å². The molecular weight excluding hydrogens is 604 g/mol. The third kappa shape index (κ3) is 9.21. The Morgan fingerprint density at radius 2 is 1.51 bits per heavy atom. The van der Waals surface area contributed by atoms with Gasteiger partial charge in [-0.3, -0.25) is 14.4 Å². The smallest absolute Gasteiger partial charge is 0.370 e. The molecule has 2 aromatic rings. The molecule has 0 bridgehead atoms. The number of nitrogens with zero attached hydrogens (tertiary/aromatic N) is 1. The molecular formula is C32H37F6N3O4. The molecule has 246 valence electrons. The molecule has 13 heteroatoms. The van der Waals surface area contributed by atoms with Gasteiger partial charge in [-0.2, -0.15) is 26.3 Å². The average molecular weight is 642 g/mol. The summed E-state index contributed by atoms with van der Waals surface area (Å²) in [6, 6.07) is 10.6. The molecule has 4 rings (SSSR count). The second-order valence-electron chi connectivity index (χ2n) is 11.8. The van der Waals surface area contributed by atoms with Gasteiger partial charge in [0.2, 0.25) is 17.7 Å². The summed E-state index contributed by atoms with van der Waals surface area (Å²) in [6.07, 6.45) is -8.87. The largest absolute Gasteiger partial charge is 0.416 e. The lowest BCUT2D eigenvalue weighted by molar-refractivity contribution is -0.143. The Bertz CT molecular complexity index is 1310. The maximum absolute atomic E-state index is 13.6. The van der Waals surface area contributed by atoms with E-state index in [2.05, 4.69) is 10.6 Å². The van der Waals surface area contributed by atoms with Crippen LogP contribution in [0.15, 0.2) is 48.5 Å². The van der Waals surface area contributed by atoms with Gasteiger partial charge >= 0.3 is 12.4 Å². The van der Waals surface area contributed by atoms with Crippen molar-refractivity contribution in [3.8, 4) is 0 Å². The molecule has 7 nitrogen and oxygen atoms in total. The number of likely N-dealkylation sites (tertiary alicyclic amines) is 1. The first-order chi connectivity index (χ1) is 21.1. The molecule has 3 unspecified atom stereocenters. The lowest BCUT2D eigenvalue weighted by atomic mass is 9.83. The number of nitrogens with one attached hydrogen (secondary N) is 2. The van der Waals surface area contributed by atoms with E-state index >= 15 is 0 Å². The van der Waals surface area contributed by atoms with Crippen molar-refractivity contribution in [1.82, 2.24) is 15.5 Å². The van der Waals surface area contributed by atoms with Crippen molar-refractivity contribution in [3.63, 3.8) is 0 Å². The normalized spacial score (nSPS) is 23.2. The molecule has 1 aliphatic heterocycles. The monoisotopic (exact) mass is 641 g/mol. The first-order valence-electron chi connectivity index (χ1n) is 14.9. The van der Waals surface area contributed by atoms with Gasteiger partial charge in [-0.05, 0) is 68.4 Å². The second-order valence-corrected chi connectivity index (χ2v) is 11.8. The summed E-state index contributed by atoms with van der Waals surface area (Å²) in [5.74, 6) is -1.22. The molecule has 1 saturated heterocycles. The number of alkyl halides is 6. The molecule has 2 aromatic carbocycles. The van der Waals surface area contributed by atoms with Gasteiger partial charge in [0.05, 0.1) is 29.9 Å². The molecule has 1 heterocycles. The fraction of sp³-hybridized carbons (Fsp3) is 0.531. The van der Waals surface area contributed by atoms with Crippen LogP contribution in [0.4, 0.5) is 26.3 Å². The van der Waals surface area contributed by atoms with E-state index in [0.717, 1.165) is 5.56 Å². The van der Waals surface area contributed by atoms with E-state index in [-0.39, 0.29) is 60.3 Å². The van der Waals surface area contributed by atoms with E-state index in [4.69, 9.17) is 4.74 Å². The summed E-state index contributed by atoms with van der Waals surface area (Å²) < 4.78 is 87.0. The lowest BCUT2D eigenvalue weighted by Crippen LogP contribution is -2.49. The molecule has 45 heavy (non-hydrogen) atoms. The van der Waals surface area contributed by atoms with E-state index in [1.54, 1.807) is 4.90 Å². The van der Waals surface area contributed by atoms with Crippen molar-refractivity contribution in [2.75, 3.05) is 19.6 Å². The third-order valence-electron chi connectivity index (χ3n) is 8.49. The number of benzene rings is 2. The van der Waals surface area contributed by atoms with Crippen LogP contribution in [-0.4, -0.2) is 54.4 Å². The summed E-state index contributed by atoms with van der Waals surface area (Å²) in [4.78, 5) is 38.4. The Morgan fingerprint density at radius 3 is 2.07 bits per heavy atom. The Hall–Kier alpha value is -3.61. The molecule has 0 radical (unpaired) electrons. The Morgan fingerprint density at radius 1 is 0.911 bits per heavy atom. The molecule has 2 N–H and O–H groups in total. The summed E-state index contributed by atoms with van der Waals surface area (Å²) in [7, 11) is 0. The minimum atomic E-state index is -4.97. The maximum Gasteiger partial charge on any atom is 0.416 e. The third-order valence-corrected chi connectivity index (χ3v) is 8.49. The second kappa shape index (κ2) is 14.2. The van der Waals surface area contributed by atoms with Crippen LogP contribution >= 0.6 is 0 Å². The zero-order valence-corrected chi connectivity index (χ0v) is 25.0. The molecule has 0 aromatic heterocycles. The van der Waals surface area contributed by atoms with Crippen LogP contribution in [0.2, 0.25) is 0 Å². The highest BCUT2D eigenvalue weighted by Crippen LogP contribution is 2.40. The lowest BCUT2D eigenvalue weighted by Gasteiger charge is -2.42. The predicted molar refractivity (Wildman–Crippen MR) is 153 cm³/mol. The summed E-state index contributed by atoms with van der Waals surface area (Å²) >= 11 is 0. The van der Waals surface area contributed by atoms with Crippen LogP contribution in [0.1, 0.15) is 80.2 Å². The average Bonchev–Trinajstić information content (AvgIpc) is 2.99. The van der Waals surface area contributed by atoms with E-state index in [0.29, 0.717) is 50.8 Å². The van der Waals surface area contributed by atoms with E-state index in [1.807, 2.05) is 30.3 Å². The first kappa shape index (κ1) is 34.3. The van der Waals surface area contributed by atoms with Crippen LogP contribution < -0.4 is 10.6 Å². The fourth-order valence-corrected chi connectivity index (χ4v) is 6.09. The van der Waals surface area contributed by atoms with Crippen molar-refractivity contribution < 1.29 is 45.5 Å². The van der Waals surface area contributed by atoms with Gasteiger partial charge in [-0.1, -0.05) is 30.3 Å². The summed E-state index contributed by atoms with van der Waals surface area (Å²) in [5, 5.41) is 5.33. The summed E-state index contributed by atoms with van der Waals surface area (Å²) in [6.45, 7) is 3.25. The number of rotatable bonds is 8. The minimum Gasteiger partial charge on any atom is -0.370 e. The first-order valence-corrected chi connectivity index (χ1v) is 14.9. The van der Waals surface area contributed by atoms with Crippen LogP contribution in [0.25, 0.3) is 0 Å². The van der Waals surface area contributed by atoms with Gasteiger partial charge in [-0.15, -0.1) is 0 Å². The number of halogens is 6. The number of carbonyl (C=O) groups excluding carboxylic acids is 3. The molecule has 0 spiro atoms. The van der Waals surface area contributed by atoms with Crippen LogP contribution in [0.3, 0.4) is 0 Å². The van der Waals surface area contributed by atoms with Gasteiger partial charge in [0.15, 0.2) is 0 Å². The molecule has 1 saturated carbocycles. The molecule has 2 aliphatic rings. The Kier molecular flexibility index (Phi) is 10.8. The molecule has 1 aliphatic carbocycles. The molecule has 3 amide bonds. The van der Waals surface area contributed by atoms with E-state index in [9.17, 15) is 40.7 Å². The van der Waals surface area contributed by atoms with Crippen molar-refractivity contribution in [1.29, 1.82) is 0 Å². The number of amides is 3. The highest BCUT2D eigenvalue weighted by Gasteiger charge is 2.40. The molecule has 2 fully saturated rings. The van der Waals surface area contributed by atoms with Gasteiger partial charge in [0, 0.05) is 37.9 Å². The zero-order chi connectivity index (χ0) is 32.9. The SMILES string of the molecule is CC(=O)NCC(=O)NC1CCC(C(=O)N2CCC(OC(C)c3cc(C(F)(F)F)cc(C(F)(F)F)c3)C(c3ccccc3)C2)CC1. The van der Waals surface area contributed by atoms with Crippen LogP contribution in [0, 0.1) is 5.92 Å². The van der Waals surface area contributed by atoms with Crippen LogP contribution in [0.5, 0.6) is 0 Å². The highest BCUT2D eigenvalue weighted by molar-refractivity contribution is 5.84. The number of carbonyl (C=O) groups is 3. The van der Waals surface area contributed by atoms with Gasteiger partial charge < -0.3 is 20.3 Å². The van der Waals surface area contributed by atoms with Crippen molar-refractivity contribution >= 4 is 17.7 Å². The Balaban J connectivity index is 1.44. The van der Waals surface area contributed by atoms with Crippen LogP contribution in [-0.2, 0) is 31.5 Å². The van der Waals surface area contributed by atoms with E-state index in [1.165, 1.54) is 13.8 Å². The molecule has 3 atom stereocenters. The number of ether oxygens (including phenoxy) is 1. The standard InChI is InChI=1S/C32H37F6N3O4/c1-19(23-14-24(31(33,34)35)16-25(15-23)32(36,37)38)45-28-12-13-41(18-27(28)21-6-4-3-5-7-21)30(44)22-8-10-26(11-9-22)40-29(43)17-39-20(2)42/h3-7,14-16,19,22,26-28H,8-13,17-18H2,1-2H3,(H,39,42)(H,40,43). The van der Waals surface area contributed by atoms with Crippen molar-refractivity contribution in [2.45, 2.75) is 82.5 Å². The number of hydrogen-bond donors (Lipinski definition) is 2. The maximum atomic E-state index is 13.6. The van der Waals surface area contributed by atoms with Crippen molar-refractivity contribution in [3.05, 3.63) is 70.8 Å². The zero-order valence-electron chi connectivity index (χ0n) is 25.0. The quantitative estimate of drug-likeness (QED) is 0.347. The fourth-order valence-electron chi connectivity index (χ4n) is 6.09. The van der Waals surface area contributed by atoms with Gasteiger partial charge in [0.1, 0.15) is 0 Å². The minimum absolute atomic E-state index is 0.0295. The highest BCUT2D eigenvalue weighted by atomic mass is 19.4. The number of piperidine rings is 1. The van der Waals surface area contributed by atoms with Gasteiger partial charge in [0.25, 0.3) is 0 Å². The summed E-state index contributed by atoms with van der Waals surface area (Å²) in [5.41, 5.74) is -2.18. The number of hydrogen-bond acceptors (Lipinski definition) is 4. The Labute approximate surface area is 257 Å². The predicted octanol–water partition coefficient (Wildman–Crippen LogP) is 6.00. The topological polar surface area (TPSA) is 87.7 Å². The van der Waals surface area contributed by atoms with E-state index < -0.39 is 35.7 Å².